The number of hydrogen-bond donors (Lipinski definition) is 1. The third-order valence-electron chi connectivity index (χ3n) is 1.99. The molecule has 1 heterocycles. The SMILES string of the molecule is C=CC(C)(O)C1CCCO1. The summed E-state index contributed by atoms with van der Waals surface area (Å²) in [6.07, 6.45) is 3.50. The minimum Gasteiger partial charge on any atom is -0.383 e. The Morgan fingerprint density at radius 2 is 2.50 bits per heavy atom. The lowest BCUT2D eigenvalue weighted by Gasteiger charge is -2.25. The topological polar surface area (TPSA) is 29.5 Å². The van der Waals surface area contributed by atoms with E-state index in [9.17, 15) is 5.11 Å². The lowest BCUT2D eigenvalue weighted by Crippen LogP contribution is -2.36. The van der Waals surface area contributed by atoms with Crippen LogP contribution >= 0.6 is 0 Å². The summed E-state index contributed by atoms with van der Waals surface area (Å²) in [5.41, 5.74) is -0.837. The average molecular weight is 142 g/mol. The third-order valence-corrected chi connectivity index (χ3v) is 1.99. The van der Waals surface area contributed by atoms with Crippen molar-refractivity contribution in [2.75, 3.05) is 6.61 Å². The summed E-state index contributed by atoms with van der Waals surface area (Å²) < 4.78 is 5.29. The fraction of sp³-hybridized carbons (Fsp3) is 0.750. The minimum absolute atomic E-state index is 0.0370. The molecular weight excluding hydrogens is 128 g/mol. The van der Waals surface area contributed by atoms with Crippen LogP contribution in [0.3, 0.4) is 0 Å². The van der Waals surface area contributed by atoms with E-state index in [0.29, 0.717) is 0 Å². The molecule has 0 amide bonds. The van der Waals surface area contributed by atoms with E-state index < -0.39 is 5.60 Å². The first kappa shape index (κ1) is 7.76. The van der Waals surface area contributed by atoms with Crippen LogP contribution in [0.25, 0.3) is 0 Å². The molecule has 0 aromatic rings. The monoisotopic (exact) mass is 142 g/mol. The van der Waals surface area contributed by atoms with Crippen LogP contribution in [0.4, 0.5) is 0 Å². The molecule has 1 aliphatic heterocycles. The van der Waals surface area contributed by atoms with Gasteiger partial charge in [-0.05, 0) is 19.8 Å². The van der Waals surface area contributed by atoms with Crippen molar-refractivity contribution in [3.8, 4) is 0 Å². The fourth-order valence-corrected chi connectivity index (χ4v) is 1.17. The number of rotatable bonds is 2. The molecule has 1 fully saturated rings. The molecule has 2 nitrogen and oxygen atoms in total. The Morgan fingerprint density at radius 1 is 1.80 bits per heavy atom. The van der Waals surface area contributed by atoms with Crippen molar-refractivity contribution in [1.29, 1.82) is 0 Å². The van der Waals surface area contributed by atoms with Gasteiger partial charge in [-0.2, -0.15) is 0 Å². The van der Waals surface area contributed by atoms with Crippen LogP contribution < -0.4 is 0 Å². The molecule has 1 N–H and O–H groups in total. The van der Waals surface area contributed by atoms with Crippen molar-refractivity contribution in [3.05, 3.63) is 12.7 Å². The van der Waals surface area contributed by atoms with Crippen molar-refractivity contribution in [3.63, 3.8) is 0 Å². The van der Waals surface area contributed by atoms with Gasteiger partial charge in [0.05, 0.1) is 6.10 Å². The van der Waals surface area contributed by atoms with Gasteiger partial charge in [0.1, 0.15) is 5.60 Å². The summed E-state index contributed by atoms with van der Waals surface area (Å²) in [6, 6.07) is 0. The Morgan fingerprint density at radius 3 is 2.90 bits per heavy atom. The molecular formula is C8H14O2. The number of ether oxygens (including phenoxy) is 1. The van der Waals surface area contributed by atoms with Crippen LogP contribution in [0.5, 0.6) is 0 Å². The summed E-state index contributed by atoms with van der Waals surface area (Å²) in [7, 11) is 0. The Bertz CT molecular complexity index is 123. The normalized spacial score (nSPS) is 31.6. The zero-order valence-electron chi connectivity index (χ0n) is 6.34. The van der Waals surface area contributed by atoms with Gasteiger partial charge < -0.3 is 9.84 Å². The maximum Gasteiger partial charge on any atom is 0.106 e. The molecule has 1 rings (SSSR count). The van der Waals surface area contributed by atoms with E-state index in [1.807, 2.05) is 0 Å². The van der Waals surface area contributed by atoms with Gasteiger partial charge in [0, 0.05) is 6.61 Å². The second kappa shape index (κ2) is 2.72. The Kier molecular flexibility index (Phi) is 2.11. The maximum absolute atomic E-state index is 9.58. The quantitative estimate of drug-likeness (QED) is 0.585. The summed E-state index contributed by atoms with van der Waals surface area (Å²) in [5.74, 6) is 0. The van der Waals surface area contributed by atoms with E-state index >= 15 is 0 Å². The largest absolute Gasteiger partial charge is 0.383 e. The average Bonchev–Trinajstić information content (AvgIpc) is 2.38. The molecule has 58 valence electrons. The second-order valence-electron chi connectivity index (χ2n) is 2.93. The summed E-state index contributed by atoms with van der Waals surface area (Å²) in [5, 5.41) is 9.58. The smallest absolute Gasteiger partial charge is 0.106 e. The Hall–Kier alpha value is -0.340. The molecule has 0 radical (unpaired) electrons. The first-order valence-corrected chi connectivity index (χ1v) is 3.64. The van der Waals surface area contributed by atoms with Crippen molar-refractivity contribution in [1.82, 2.24) is 0 Å². The maximum atomic E-state index is 9.58. The van der Waals surface area contributed by atoms with Gasteiger partial charge in [0.25, 0.3) is 0 Å². The lowest BCUT2D eigenvalue weighted by molar-refractivity contribution is -0.0404. The summed E-state index contributed by atoms with van der Waals surface area (Å²) in [6.45, 7) is 6.05. The van der Waals surface area contributed by atoms with Crippen molar-refractivity contribution in [2.45, 2.75) is 31.5 Å². The molecule has 0 spiro atoms. The lowest BCUT2D eigenvalue weighted by atomic mass is 9.97. The van der Waals surface area contributed by atoms with Crippen molar-refractivity contribution < 1.29 is 9.84 Å². The van der Waals surface area contributed by atoms with Gasteiger partial charge in [0.2, 0.25) is 0 Å². The van der Waals surface area contributed by atoms with E-state index in [2.05, 4.69) is 6.58 Å². The standard InChI is InChI=1S/C8H14O2/c1-3-8(2,9)7-5-4-6-10-7/h3,7,9H,1,4-6H2,2H3. The van der Waals surface area contributed by atoms with E-state index in [0.717, 1.165) is 19.4 Å². The summed E-state index contributed by atoms with van der Waals surface area (Å²) >= 11 is 0. The predicted octanol–water partition coefficient (Wildman–Crippen LogP) is 1.10. The van der Waals surface area contributed by atoms with Crippen LogP contribution in [0.1, 0.15) is 19.8 Å². The van der Waals surface area contributed by atoms with Crippen molar-refractivity contribution in [2.24, 2.45) is 0 Å². The number of hydrogen-bond acceptors (Lipinski definition) is 2. The fourth-order valence-electron chi connectivity index (χ4n) is 1.17. The highest BCUT2D eigenvalue weighted by Crippen LogP contribution is 2.24. The van der Waals surface area contributed by atoms with E-state index in [1.54, 1.807) is 13.0 Å². The van der Waals surface area contributed by atoms with Gasteiger partial charge in [-0.25, -0.2) is 0 Å². The van der Waals surface area contributed by atoms with Gasteiger partial charge in [-0.15, -0.1) is 6.58 Å². The first-order chi connectivity index (χ1) is 4.67. The molecule has 0 aromatic heterocycles. The van der Waals surface area contributed by atoms with Crippen LogP contribution in [-0.4, -0.2) is 23.4 Å². The predicted molar refractivity (Wildman–Crippen MR) is 39.8 cm³/mol. The first-order valence-electron chi connectivity index (χ1n) is 3.64. The molecule has 0 aromatic carbocycles. The van der Waals surface area contributed by atoms with Crippen LogP contribution in [0.15, 0.2) is 12.7 Å². The molecule has 1 saturated heterocycles. The molecule has 1 aliphatic rings. The molecule has 0 saturated carbocycles. The molecule has 2 heteroatoms. The zero-order chi connectivity index (χ0) is 7.61. The van der Waals surface area contributed by atoms with Gasteiger partial charge in [-0.1, -0.05) is 6.08 Å². The number of aliphatic hydroxyl groups is 1. The highest BCUT2D eigenvalue weighted by Gasteiger charge is 2.31. The van der Waals surface area contributed by atoms with E-state index in [-0.39, 0.29) is 6.10 Å². The minimum atomic E-state index is -0.837. The van der Waals surface area contributed by atoms with Crippen LogP contribution in [0.2, 0.25) is 0 Å². The van der Waals surface area contributed by atoms with E-state index in [4.69, 9.17) is 4.74 Å². The van der Waals surface area contributed by atoms with Gasteiger partial charge in [0.15, 0.2) is 0 Å². The van der Waals surface area contributed by atoms with Gasteiger partial charge >= 0.3 is 0 Å². The Labute approximate surface area is 61.5 Å². The molecule has 2 unspecified atom stereocenters. The zero-order valence-corrected chi connectivity index (χ0v) is 6.34. The summed E-state index contributed by atoms with van der Waals surface area (Å²) in [4.78, 5) is 0. The third kappa shape index (κ3) is 1.39. The highest BCUT2D eigenvalue weighted by molar-refractivity contribution is 4.99. The van der Waals surface area contributed by atoms with Gasteiger partial charge in [-0.3, -0.25) is 0 Å². The molecule has 0 bridgehead atoms. The molecule has 2 atom stereocenters. The van der Waals surface area contributed by atoms with E-state index in [1.165, 1.54) is 0 Å². The molecule has 0 aliphatic carbocycles. The van der Waals surface area contributed by atoms with Crippen LogP contribution in [-0.2, 0) is 4.74 Å². The second-order valence-corrected chi connectivity index (χ2v) is 2.93. The van der Waals surface area contributed by atoms with Crippen LogP contribution in [0, 0.1) is 0 Å². The molecule has 10 heavy (non-hydrogen) atoms. The van der Waals surface area contributed by atoms with Crippen molar-refractivity contribution >= 4 is 0 Å². The highest BCUT2D eigenvalue weighted by atomic mass is 16.5. The Balaban J connectivity index is 2.53.